The van der Waals surface area contributed by atoms with Crippen LogP contribution in [0, 0.1) is 6.92 Å². The lowest BCUT2D eigenvalue weighted by molar-refractivity contribution is 0.854. The van der Waals surface area contributed by atoms with Crippen LogP contribution in [0.2, 0.25) is 0 Å². The van der Waals surface area contributed by atoms with Crippen molar-refractivity contribution in [2.75, 3.05) is 0 Å². The van der Waals surface area contributed by atoms with Crippen LogP contribution in [-0.4, -0.2) is 9.78 Å². The molecular weight excluding hydrogens is 320 g/mol. The number of aromatic nitrogens is 2. The first-order chi connectivity index (χ1) is 7.20. The molecule has 0 aliphatic heterocycles. The Morgan fingerprint density at radius 2 is 2.13 bits per heavy atom. The summed E-state index contributed by atoms with van der Waals surface area (Å²) >= 11 is 6.95. The van der Waals surface area contributed by atoms with Gasteiger partial charge in [-0.2, -0.15) is 5.10 Å². The van der Waals surface area contributed by atoms with E-state index < -0.39 is 0 Å². The molecule has 0 aliphatic rings. The van der Waals surface area contributed by atoms with E-state index in [0.29, 0.717) is 0 Å². The average molecular weight is 330 g/mol. The predicted octanol–water partition coefficient (Wildman–Crippen LogP) is 3.84. The summed E-state index contributed by atoms with van der Waals surface area (Å²) in [6.45, 7) is 1.99. The van der Waals surface area contributed by atoms with E-state index in [4.69, 9.17) is 0 Å². The van der Waals surface area contributed by atoms with E-state index in [2.05, 4.69) is 49.1 Å². The Morgan fingerprint density at radius 1 is 1.33 bits per heavy atom. The second kappa shape index (κ2) is 4.49. The lowest BCUT2D eigenvalue weighted by Gasteiger charge is -2.07. The van der Waals surface area contributed by atoms with Crippen molar-refractivity contribution >= 4 is 31.9 Å². The maximum atomic E-state index is 4.40. The molecule has 15 heavy (non-hydrogen) atoms. The van der Waals surface area contributed by atoms with E-state index in [1.54, 1.807) is 0 Å². The number of nitrogens with zero attached hydrogens (tertiary/aromatic N) is 2. The molecule has 2 rings (SSSR count). The fourth-order valence-corrected chi connectivity index (χ4v) is 2.29. The first-order valence-electron chi connectivity index (χ1n) is 4.58. The van der Waals surface area contributed by atoms with Crippen LogP contribution in [0.4, 0.5) is 0 Å². The molecule has 2 aromatic rings. The van der Waals surface area contributed by atoms with E-state index >= 15 is 0 Å². The molecule has 1 aromatic heterocycles. The van der Waals surface area contributed by atoms with Gasteiger partial charge >= 0.3 is 0 Å². The zero-order valence-corrected chi connectivity index (χ0v) is 11.4. The molecule has 78 valence electrons. The molecule has 0 unspecified atom stereocenters. The Balaban J connectivity index is 2.52. The molecular formula is C11H10Br2N2. The number of aryl methyl sites for hydroxylation is 1. The van der Waals surface area contributed by atoms with Gasteiger partial charge in [0.15, 0.2) is 0 Å². The first kappa shape index (κ1) is 10.9. The van der Waals surface area contributed by atoms with Gasteiger partial charge in [-0.15, -0.1) is 0 Å². The zero-order valence-electron chi connectivity index (χ0n) is 8.24. The lowest BCUT2D eigenvalue weighted by Crippen LogP contribution is -1.99. The quantitative estimate of drug-likeness (QED) is 0.765. The summed E-state index contributed by atoms with van der Waals surface area (Å²) in [6, 6.07) is 8.19. The normalized spacial score (nSPS) is 10.6. The summed E-state index contributed by atoms with van der Waals surface area (Å²) in [5, 5.41) is 5.22. The summed E-state index contributed by atoms with van der Waals surface area (Å²) < 4.78 is 2.99. The molecule has 0 radical (unpaired) electrons. The van der Waals surface area contributed by atoms with Crippen LogP contribution in [0.5, 0.6) is 0 Å². The van der Waals surface area contributed by atoms with Gasteiger partial charge in [-0.25, -0.2) is 4.68 Å². The molecule has 0 fully saturated rings. The highest BCUT2D eigenvalue weighted by Gasteiger charge is 2.05. The van der Waals surface area contributed by atoms with Crippen molar-refractivity contribution in [3.8, 4) is 5.69 Å². The van der Waals surface area contributed by atoms with Gasteiger partial charge in [0.1, 0.15) is 0 Å². The van der Waals surface area contributed by atoms with Crippen LogP contribution >= 0.6 is 31.9 Å². The van der Waals surface area contributed by atoms with Gasteiger partial charge in [-0.05, 0) is 36.8 Å². The molecule has 0 saturated carbocycles. The predicted molar refractivity (Wildman–Crippen MR) is 68.6 cm³/mol. The highest BCUT2D eigenvalue weighted by Crippen LogP contribution is 2.21. The Bertz CT molecular complexity index is 477. The Labute approximate surface area is 106 Å². The van der Waals surface area contributed by atoms with Gasteiger partial charge in [-0.1, -0.05) is 31.9 Å². The molecule has 0 bridgehead atoms. The van der Waals surface area contributed by atoms with Crippen LogP contribution in [-0.2, 0) is 5.33 Å². The van der Waals surface area contributed by atoms with Crippen LogP contribution in [0.25, 0.3) is 5.69 Å². The SMILES string of the molecule is Cc1ccn(-c2ccc(Br)cc2CBr)n1. The lowest BCUT2D eigenvalue weighted by atomic mass is 10.2. The topological polar surface area (TPSA) is 17.8 Å². The number of hydrogen-bond acceptors (Lipinski definition) is 1. The second-order valence-corrected chi connectivity index (χ2v) is 4.78. The van der Waals surface area contributed by atoms with Gasteiger partial charge in [-0.3, -0.25) is 0 Å². The van der Waals surface area contributed by atoms with Gasteiger partial charge < -0.3 is 0 Å². The van der Waals surface area contributed by atoms with E-state index in [-0.39, 0.29) is 0 Å². The van der Waals surface area contributed by atoms with Crippen molar-refractivity contribution in [1.82, 2.24) is 9.78 Å². The second-order valence-electron chi connectivity index (χ2n) is 3.31. The third kappa shape index (κ3) is 2.32. The monoisotopic (exact) mass is 328 g/mol. The molecule has 0 saturated heterocycles. The third-order valence-electron chi connectivity index (χ3n) is 2.15. The van der Waals surface area contributed by atoms with Crippen LogP contribution in [0.15, 0.2) is 34.9 Å². The molecule has 4 heteroatoms. The van der Waals surface area contributed by atoms with Crippen molar-refractivity contribution in [2.45, 2.75) is 12.3 Å². The van der Waals surface area contributed by atoms with E-state index in [9.17, 15) is 0 Å². The summed E-state index contributed by atoms with van der Waals surface area (Å²) in [4.78, 5) is 0. The van der Waals surface area contributed by atoms with E-state index in [1.807, 2.05) is 29.9 Å². The highest BCUT2D eigenvalue weighted by molar-refractivity contribution is 9.10. The van der Waals surface area contributed by atoms with Crippen molar-refractivity contribution < 1.29 is 0 Å². The Kier molecular flexibility index (Phi) is 3.26. The number of rotatable bonds is 2. The summed E-state index contributed by atoms with van der Waals surface area (Å²) in [5.74, 6) is 0. The summed E-state index contributed by atoms with van der Waals surface area (Å²) in [7, 11) is 0. The smallest absolute Gasteiger partial charge is 0.0686 e. The average Bonchev–Trinajstić information content (AvgIpc) is 2.64. The van der Waals surface area contributed by atoms with Gasteiger partial charge in [0.05, 0.1) is 11.4 Å². The van der Waals surface area contributed by atoms with Crippen LogP contribution < -0.4 is 0 Å². The number of hydrogen-bond donors (Lipinski definition) is 0. The minimum Gasteiger partial charge on any atom is -0.240 e. The van der Waals surface area contributed by atoms with E-state index in [0.717, 1.165) is 21.2 Å². The van der Waals surface area contributed by atoms with E-state index in [1.165, 1.54) is 5.56 Å². The van der Waals surface area contributed by atoms with Crippen LogP contribution in [0.3, 0.4) is 0 Å². The first-order valence-corrected chi connectivity index (χ1v) is 6.49. The van der Waals surface area contributed by atoms with Crippen molar-refractivity contribution in [1.29, 1.82) is 0 Å². The Morgan fingerprint density at radius 3 is 2.73 bits per heavy atom. The molecule has 0 atom stereocenters. The van der Waals surface area contributed by atoms with Crippen molar-refractivity contribution in [2.24, 2.45) is 0 Å². The number of alkyl halides is 1. The van der Waals surface area contributed by atoms with Gasteiger partial charge in [0.2, 0.25) is 0 Å². The fraction of sp³-hybridized carbons (Fsp3) is 0.182. The fourth-order valence-electron chi connectivity index (χ4n) is 1.43. The van der Waals surface area contributed by atoms with Crippen LogP contribution in [0.1, 0.15) is 11.3 Å². The minimum absolute atomic E-state index is 0.820. The molecule has 2 nitrogen and oxygen atoms in total. The highest BCUT2D eigenvalue weighted by atomic mass is 79.9. The van der Waals surface area contributed by atoms with Gasteiger partial charge in [0, 0.05) is 16.0 Å². The summed E-state index contributed by atoms with van der Waals surface area (Å²) in [6.07, 6.45) is 1.98. The molecule has 1 heterocycles. The zero-order chi connectivity index (χ0) is 10.8. The molecule has 0 amide bonds. The van der Waals surface area contributed by atoms with Gasteiger partial charge in [0.25, 0.3) is 0 Å². The molecule has 0 spiro atoms. The molecule has 0 aliphatic carbocycles. The molecule has 0 N–H and O–H groups in total. The molecule has 1 aromatic carbocycles. The maximum absolute atomic E-state index is 4.40. The third-order valence-corrected chi connectivity index (χ3v) is 3.25. The number of benzene rings is 1. The number of halogens is 2. The summed E-state index contributed by atoms with van der Waals surface area (Å²) in [5.41, 5.74) is 3.36. The largest absolute Gasteiger partial charge is 0.240 e. The van der Waals surface area contributed by atoms with Crippen molar-refractivity contribution in [3.05, 3.63) is 46.2 Å². The maximum Gasteiger partial charge on any atom is 0.0686 e. The van der Waals surface area contributed by atoms with Crippen molar-refractivity contribution in [3.63, 3.8) is 0 Å². The standard InChI is InChI=1S/C11H10Br2N2/c1-8-4-5-15(14-8)11-3-2-10(13)6-9(11)7-12/h2-6H,7H2,1H3. The Hall–Kier alpha value is -0.610. The minimum atomic E-state index is 0.820.